The van der Waals surface area contributed by atoms with Crippen LogP contribution in [-0.2, 0) is 9.47 Å². The van der Waals surface area contributed by atoms with Gasteiger partial charge in [-0.05, 0) is 57.4 Å². The van der Waals surface area contributed by atoms with Gasteiger partial charge >= 0.3 is 12.2 Å². The molecule has 0 aliphatic heterocycles. The van der Waals surface area contributed by atoms with Crippen molar-refractivity contribution in [3.8, 4) is 28.4 Å². The molecule has 0 unspecified atom stereocenters. The minimum atomic E-state index is -0.662. The first-order valence-electron chi connectivity index (χ1n) is 14.2. The Morgan fingerprint density at radius 3 is 1.83 bits per heavy atom. The van der Waals surface area contributed by atoms with Crippen molar-refractivity contribution in [2.24, 2.45) is 11.7 Å². The average molecular weight is 636 g/mol. The van der Waals surface area contributed by atoms with Gasteiger partial charge in [-0.25, -0.2) is 39.5 Å². The summed E-state index contributed by atoms with van der Waals surface area (Å²) in [6.07, 6.45) is 5.64. The largest absolute Gasteiger partial charge is 0.476 e. The smallest absolute Gasteiger partial charge is 0.413 e. The highest BCUT2D eigenvalue weighted by molar-refractivity contribution is 5.83. The van der Waals surface area contributed by atoms with Crippen LogP contribution in [0.3, 0.4) is 0 Å². The average Bonchev–Trinajstić information content (AvgIpc) is 3.01. The number of methoxy groups -OCH3 is 2. The number of nitrogens with zero attached hydrogens (tertiary/aromatic N) is 6. The van der Waals surface area contributed by atoms with Crippen molar-refractivity contribution in [2.75, 3.05) is 31.5 Å². The van der Waals surface area contributed by atoms with E-state index in [2.05, 4.69) is 63.9 Å². The van der Waals surface area contributed by atoms with Gasteiger partial charge in [0, 0.05) is 52.6 Å². The number of hydrogen-bond donors (Lipinski definition) is 3. The molecule has 14 nitrogen and oxygen atoms in total. The normalized spacial score (nSPS) is 11.9. The molecule has 0 fully saturated rings. The highest BCUT2D eigenvalue weighted by Crippen LogP contribution is 2.24. The van der Waals surface area contributed by atoms with E-state index in [1.165, 1.54) is 26.6 Å². The molecule has 4 N–H and O–H groups in total. The number of anilines is 2. The molecular formula is C31H38FN9O5. The Morgan fingerprint density at radius 2 is 1.37 bits per heavy atom. The lowest BCUT2D eigenvalue weighted by molar-refractivity contribution is 0.186. The Kier molecular flexibility index (Phi) is 12.3. The molecule has 0 spiro atoms. The van der Waals surface area contributed by atoms with Crippen LogP contribution < -0.4 is 21.1 Å². The maximum atomic E-state index is 13.1. The van der Waals surface area contributed by atoms with Crippen LogP contribution in [-0.4, -0.2) is 68.5 Å². The number of nitrogens with one attached hydrogen (secondary N) is 2. The lowest BCUT2D eigenvalue weighted by atomic mass is 9.93. The molecule has 0 aliphatic carbocycles. The van der Waals surface area contributed by atoms with Crippen LogP contribution in [0.25, 0.3) is 22.5 Å². The van der Waals surface area contributed by atoms with Gasteiger partial charge in [0.25, 0.3) is 0 Å². The standard InChI is InChI=1S/C19H27N5O3.C12H11FN4O2/c1-12(2)9-19(4,20)11-27-16-13(3)8-14(10-22-16)15-6-7-21-17(23-15)24-18(25)26-5;1-7-5-8(6-15-10(7)13)9-3-4-14-11(16-9)17-12(18)19-2/h6-8,10,12H,9,11,20H2,1-5H3,(H,21,23,24,25);3-6H,1-2H3,(H,14,16,17,18)/t19-;/m1./s1. The molecule has 0 saturated carbocycles. The maximum absolute atomic E-state index is 13.1. The van der Waals surface area contributed by atoms with Crippen molar-refractivity contribution in [1.29, 1.82) is 0 Å². The SMILES string of the molecule is COC(=O)Nc1nccc(-c2cnc(F)c(C)c2)n1.COC(=O)Nc1nccc(-c2cnc(OC[C@](C)(N)CC(C)C)c(C)c2)n1. The lowest BCUT2D eigenvalue weighted by Crippen LogP contribution is -2.43. The molecule has 0 bridgehead atoms. The molecule has 0 aromatic carbocycles. The number of aromatic nitrogens is 6. The topological polar surface area (TPSA) is 189 Å². The number of amides is 2. The predicted molar refractivity (Wildman–Crippen MR) is 170 cm³/mol. The number of pyridine rings is 2. The van der Waals surface area contributed by atoms with E-state index in [0.29, 0.717) is 40.9 Å². The molecule has 4 aromatic heterocycles. The summed E-state index contributed by atoms with van der Waals surface area (Å²) in [7, 11) is 2.52. The van der Waals surface area contributed by atoms with Crippen LogP contribution in [0.5, 0.6) is 5.88 Å². The molecule has 15 heteroatoms. The predicted octanol–water partition coefficient (Wildman–Crippen LogP) is 5.33. The van der Waals surface area contributed by atoms with Crippen LogP contribution in [0.4, 0.5) is 25.9 Å². The molecule has 2 amide bonds. The van der Waals surface area contributed by atoms with Crippen LogP contribution in [0.15, 0.2) is 49.1 Å². The van der Waals surface area contributed by atoms with E-state index in [0.717, 1.165) is 17.5 Å². The van der Waals surface area contributed by atoms with Gasteiger partial charge in [-0.2, -0.15) is 4.39 Å². The first-order chi connectivity index (χ1) is 21.8. The van der Waals surface area contributed by atoms with E-state index in [1.807, 2.05) is 19.9 Å². The second-order valence-electron chi connectivity index (χ2n) is 11.0. The zero-order chi connectivity index (χ0) is 33.9. The molecule has 0 radical (unpaired) electrons. The zero-order valence-corrected chi connectivity index (χ0v) is 26.8. The van der Waals surface area contributed by atoms with Gasteiger partial charge in [-0.3, -0.25) is 10.6 Å². The molecule has 4 rings (SSSR count). The number of aryl methyl sites for hydroxylation is 2. The minimum absolute atomic E-state index is 0.103. The second-order valence-corrected chi connectivity index (χ2v) is 11.0. The van der Waals surface area contributed by atoms with Gasteiger partial charge < -0.3 is 19.9 Å². The fourth-order valence-corrected chi connectivity index (χ4v) is 4.22. The van der Waals surface area contributed by atoms with E-state index in [1.54, 1.807) is 37.5 Å². The molecule has 1 atom stereocenters. The van der Waals surface area contributed by atoms with Gasteiger partial charge in [0.15, 0.2) is 0 Å². The monoisotopic (exact) mass is 635 g/mol. The second kappa shape index (κ2) is 16.1. The van der Waals surface area contributed by atoms with Gasteiger partial charge in [0.1, 0.15) is 6.61 Å². The summed E-state index contributed by atoms with van der Waals surface area (Å²) in [5, 5.41) is 4.79. The van der Waals surface area contributed by atoms with Crippen molar-refractivity contribution < 1.29 is 28.2 Å². The summed E-state index contributed by atoms with van der Waals surface area (Å²) in [6, 6.07) is 6.91. The van der Waals surface area contributed by atoms with Crippen LogP contribution in [0, 0.1) is 25.7 Å². The molecular weight excluding hydrogens is 597 g/mol. The fourth-order valence-electron chi connectivity index (χ4n) is 4.22. The quantitative estimate of drug-likeness (QED) is 0.201. The summed E-state index contributed by atoms with van der Waals surface area (Å²) >= 11 is 0. The summed E-state index contributed by atoms with van der Waals surface area (Å²) in [6.45, 7) is 10.2. The molecule has 0 saturated heterocycles. The van der Waals surface area contributed by atoms with Gasteiger partial charge in [0.2, 0.25) is 23.7 Å². The molecule has 46 heavy (non-hydrogen) atoms. The summed E-state index contributed by atoms with van der Waals surface area (Å²) in [4.78, 5) is 46.6. The summed E-state index contributed by atoms with van der Waals surface area (Å²) < 4.78 is 27.9. The Labute approximate surface area is 266 Å². The Balaban J connectivity index is 0.000000266. The van der Waals surface area contributed by atoms with Crippen molar-refractivity contribution in [1.82, 2.24) is 29.9 Å². The van der Waals surface area contributed by atoms with E-state index < -0.39 is 23.7 Å². The van der Waals surface area contributed by atoms with Crippen LogP contribution >= 0.6 is 0 Å². The number of hydrogen-bond acceptors (Lipinski definition) is 12. The number of ether oxygens (including phenoxy) is 3. The van der Waals surface area contributed by atoms with E-state index >= 15 is 0 Å². The molecule has 0 aliphatic rings. The third kappa shape index (κ3) is 10.7. The van der Waals surface area contributed by atoms with Crippen LogP contribution in [0.1, 0.15) is 38.3 Å². The molecule has 4 aromatic rings. The Hall–Kier alpha value is -5.31. The van der Waals surface area contributed by atoms with Gasteiger partial charge in [-0.1, -0.05) is 13.8 Å². The summed E-state index contributed by atoms with van der Waals surface area (Å²) in [5.41, 5.74) is 9.73. The lowest BCUT2D eigenvalue weighted by Gasteiger charge is -2.26. The van der Waals surface area contributed by atoms with Gasteiger partial charge in [-0.15, -0.1) is 0 Å². The first-order valence-corrected chi connectivity index (χ1v) is 14.2. The van der Waals surface area contributed by atoms with Crippen LogP contribution in [0.2, 0.25) is 0 Å². The Morgan fingerprint density at radius 1 is 0.870 bits per heavy atom. The molecule has 4 heterocycles. The number of nitrogens with two attached hydrogens (primary N) is 1. The highest BCUT2D eigenvalue weighted by atomic mass is 19.1. The van der Waals surface area contributed by atoms with Gasteiger partial charge in [0.05, 0.1) is 25.6 Å². The Bertz CT molecular complexity index is 1650. The number of rotatable bonds is 9. The number of carbonyl (C=O) groups excluding carboxylic acids is 2. The van der Waals surface area contributed by atoms with E-state index in [9.17, 15) is 14.0 Å². The number of carbonyl (C=O) groups is 2. The molecule has 244 valence electrons. The van der Waals surface area contributed by atoms with Crippen molar-refractivity contribution in [3.05, 3.63) is 66.1 Å². The highest BCUT2D eigenvalue weighted by Gasteiger charge is 2.22. The van der Waals surface area contributed by atoms with E-state index in [-0.39, 0.29) is 11.9 Å². The maximum Gasteiger partial charge on any atom is 0.413 e. The summed E-state index contributed by atoms with van der Waals surface area (Å²) in [5.74, 6) is 0.772. The van der Waals surface area contributed by atoms with Crippen molar-refractivity contribution in [2.45, 2.75) is 46.6 Å². The van der Waals surface area contributed by atoms with Crippen molar-refractivity contribution >= 4 is 24.1 Å². The third-order valence-corrected chi connectivity index (χ3v) is 6.16. The number of halogens is 1. The third-order valence-electron chi connectivity index (χ3n) is 6.16. The minimum Gasteiger partial charge on any atom is -0.476 e. The fraction of sp³-hybridized carbons (Fsp3) is 0.355. The first kappa shape index (κ1) is 35.2. The zero-order valence-electron chi connectivity index (χ0n) is 26.8. The van der Waals surface area contributed by atoms with Crippen molar-refractivity contribution in [3.63, 3.8) is 0 Å². The van der Waals surface area contributed by atoms with E-state index in [4.69, 9.17) is 10.5 Å².